The van der Waals surface area contributed by atoms with Gasteiger partial charge in [-0.25, -0.2) is 9.79 Å². The zero-order valence-corrected chi connectivity index (χ0v) is 18.6. The van der Waals surface area contributed by atoms with Crippen molar-refractivity contribution in [2.45, 2.75) is 26.2 Å². The van der Waals surface area contributed by atoms with Crippen LogP contribution in [0.4, 0.5) is 5.69 Å². The van der Waals surface area contributed by atoms with Crippen LogP contribution >= 0.6 is 11.6 Å². The average molecular weight is 455 g/mol. The van der Waals surface area contributed by atoms with Crippen molar-refractivity contribution in [1.82, 2.24) is 0 Å². The lowest BCUT2D eigenvalue weighted by Gasteiger charge is -2.15. The van der Waals surface area contributed by atoms with Crippen molar-refractivity contribution in [3.63, 3.8) is 0 Å². The summed E-state index contributed by atoms with van der Waals surface area (Å²) in [6.07, 6.45) is 3.86. The number of anilines is 1. The number of methoxy groups -OCH3 is 1. The second-order valence-corrected chi connectivity index (χ2v) is 7.82. The van der Waals surface area contributed by atoms with E-state index in [1.54, 1.807) is 35.2 Å². The zero-order valence-electron chi connectivity index (χ0n) is 17.9. The Morgan fingerprint density at radius 2 is 2.00 bits per heavy atom. The number of cyclic esters (lactones) is 1. The molecule has 1 saturated heterocycles. The normalized spacial score (nSPS) is 17.0. The predicted molar refractivity (Wildman–Crippen MR) is 122 cm³/mol. The Labute approximate surface area is 191 Å². The molecule has 1 fully saturated rings. The van der Waals surface area contributed by atoms with Gasteiger partial charge in [0.25, 0.3) is 0 Å². The zero-order chi connectivity index (χ0) is 22.7. The molecule has 8 heteroatoms. The maximum Gasteiger partial charge on any atom is 0.363 e. The number of carbonyl (C=O) groups is 2. The van der Waals surface area contributed by atoms with Crippen LogP contribution in [0.15, 0.2) is 47.1 Å². The first-order valence-electron chi connectivity index (χ1n) is 10.4. The third kappa shape index (κ3) is 4.48. The van der Waals surface area contributed by atoms with Crippen LogP contribution in [0.2, 0.25) is 5.02 Å². The summed E-state index contributed by atoms with van der Waals surface area (Å²) in [5.41, 5.74) is 2.26. The summed E-state index contributed by atoms with van der Waals surface area (Å²) in [6.45, 7) is 3.23. The summed E-state index contributed by atoms with van der Waals surface area (Å²) in [5, 5.41) is 0.382. The molecule has 0 aromatic heterocycles. The van der Waals surface area contributed by atoms with E-state index in [0.717, 1.165) is 25.1 Å². The first-order valence-corrected chi connectivity index (χ1v) is 10.8. The second-order valence-electron chi connectivity index (χ2n) is 7.41. The molecule has 1 amide bonds. The van der Waals surface area contributed by atoms with E-state index >= 15 is 0 Å². The summed E-state index contributed by atoms with van der Waals surface area (Å²) >= 11 is 6.36. The molecule has 0 saturated carbocycles. The summed E-state index contributed by atoms with van der Waals surface area (Å²) in [6, 6.07) is 10.6. The van der Waals surface area contributed by atoms with Crippen LogP contribution < -0.4 is 14.4 Å². The van der Waals surface area contributed by atoms with Gasteiger partial charge in [0, 0.05) is 24.2 Å². The minimum Gasteiger partial charge on any atom is -0.493 e. The van der Waals surface area contributed by atoms with E-state index in [1.807, 2.05) is 19.1 Å². The van der Waals surface area contributed by atoms with E-state index in [4.69, 9.17) is 25.8 Å². The average Bonchev–Trinajstić information content (AvgIpc) is 3.38. The SMILES string of the molecule is CCCOc1c(Cl)cc(/C=C2/N=C(c3ccc(N4CCCC4=O)cc3)OC2=O)cc1OC. The molecule has 0 unspecified atom stereocenters. The lowest BCUT2D eigenvalue weighted by atomic mass is 10.1. The highest BCUT2D eigenvalue weighted by Gasteiger charge is 2.26. The number of aliphatic imine (C=N–C) groups is 1. The number of carbonyl (C=O) groups excluding carboxylic acids is 2. The standard InChI is InChI=1S/C24H23ClN2O5/c1-3-11-31-22-18(25)12-15(14-20(22)30-2)13-19-24(29)32-23(26-19)16-6-8-17(9-7-16)27-10-4-5-21(27)28/h6-9,12-14H,3-5,10-11H2,1-2H3/b19-13+. The van der Waals surface area contributed by atoms with E-state index in [0.29, 0.717) is 40.7 Å². The van der Waals surface area contributed by atoms with E-state index < -0.39 is 5.97 Å². The third-order valence-electron chi connectivity index (χ3n) is 5.13. The monoisotopic (exact) mass is 454 g/mol. The fourth-order valence-electron chi connectivity index (χ4n) is 3.56. The molecule has 166 valence electrons. The predicted octanol–water partition coefficient (Wildman–Crippen LogP) is 4.61. The molecule has 2 aliphatic heterocycles. The van der Waals surface area contributed by atoms with Crippen molar-refractivity contribution in [2.75, 3.05) is 25.2 Å². The molecule has 2 aliphatic rings. The van der Waals surface area contributed by atoms with Crippen LogP contribution in [0.1, 0.15) is 37.3 Å². The van der Waals surface area contributed by atoms with Crippen molar-refractivity contribution >= 4 is 41.1 Å². The number of hydrogen-bond donors (Lipinski definition) is 0. The number of esters is 1. The smallest absolute Gasteiger partial charge is 0.363 e. The molecule has 2 heterocycles. The van der Waals surface area contributed by atoms with Crippen molar-refractivity contribution < 1.29 is 23.8 Å². The number of rotatable bonds is 7. The Balaban J connectivity index is 1.57. The molecule has 0 aliphatic carbocycles. The van der Waals surface area contributed by atoms with Crippen LogP contribution in [-0.4, -0.2) is 38.0 Å². The Bertz CT molecular complexity index is 1110. The number of nitrogens with zero attached hydrogens (tertiary/aromatic N) is 2. The van der Waals surface area contributed by atoms with Crippen LogP contribution in [0.3, 0.4) is 0 Å². The first kappa shape index (κ1) is 21.9. The minimum atomic E-state index is -0.555. The molecule has 4 rings (SSSR count). The number of ether oxygens (including phenoxy) is 3. The van der Waals surface area contributed by atoms with Gasteiger partial charge < -0.3 is 19.1 Å². The van der Waals surface area contributed by atoms with E-state index in [-0.39, 0.29) is 17.5 Å². The Hall–Kier alpha value is -3.32. The molecule has 32 heavy (non-hydrogen) atoms. The van der Waals surface area contributed by atoms with Crippen LogP contribution in [-0.2, 0) is 14.3 Å². The molecule has 0 spiro atoms. The quantitative estimate of drug-likeness (QED) is 0.451. The van der Waals surface area contributed by atoms with Gasteiger partial charge in [-0.3, -0.25) is 4.79 Å². The van der Waals surface area contributed by atoms with Crippen LogP contribution in [0.25, 0.3) is 6.08 Å². The number of halogens is 1. The molecule has 0 N–H and O–H groups in total. The van der Waals surface area contributed by atoms with E-state index in [1.165, 1.54) is 7.11 Å². The molecular weight excluding hydrogens is 432 g/mol. The topological polar surface area (TPSA) is 77.4 Å². The van der Waals surface area contributed by atoms with Crippen molar-refractivity contribution in [2.24, 2.45) is 4.99 Å². The van der Waals surface area contributed by atoms with Gasteiger partial charge in [0.2, 0.25) is 11.8 Å². The van der Waals surface area contributed by atoms with Crippen LogP contribution in [0, 0.1) is 0 Å². The fraction of sp³-hybridized carbons (Fsp3) is 0.292. The Morgan fingerprint density at radius 1 is 1.22 bits per heavy atom. The number of benzene rings is 2. The van der Waals surface area contributed by atoms with Crippen molar-refractivity contribution in [3.05, 3.63) is 58.2 Å². The number of hydrogen-bond acceptors (Lipinski definition) is 6. The largest absolute Gasteiger partial charge is 0.493 e. The Morgan fingerprint density at radius 3 is 2.66 bits per heavy atom. The lowest BCUT2D eigenvalue weighted by Crippen LogP contribution is -2.23. The van der Waals surface area contributed by atoms with Crippen LogP contribution in [0.5, 0.6) is 11.5 Å². The maximum atomic E-state index is 12.4. The summed E-state index contributed by atoms with van der Waals surface area (Å²) < 4.78 is 16.4. The van der Waals surface area contributed by atoms with Crippen molar-refractivity contribution in [3.8, 4) is 11.5 Å². The summed E-state index contributed by atoms with van der Waals surface area (Å²) in [7, 11) is 1.53. The van der Waals surface area contributed by atoms with Gasteiger partial charge >= 0.3 is 5.97 Å². The highest BCUT2D eigenvalue weighted by molar-refractivity contribution is 6.32. The highest BCUT2D eigenvalue weighted by Crippen LogP contribution is 2.37. The first-order chi connectivity index (χ1) is 15.5. The molecule has 2 aromatic rings. The molecule has 0 radical (unpaired) electrons. The summed E-state index contributed by atoms with van der Waals surface area (Å²) in [5.74, 6) is 0.711. The van der Waals surface area contributed by atoms with Gasteiger partial charge in [0.15, 0.2) is 17.2 Å². The van der Waals surface area contributed by atoms with E-state index in [2.05, 4.69) is 4.99 Å². The maximum absolute atomic E-state index is 12.4. The fourth-order valence-corrected chi connectivity index (χ4v) is 3.84. The molecule has 0 atom stereocenters. The molecule has 2 aromatic carbocycles. The van der Waals surface area contributed by atoms with Gasteiger partial charge in [0.05, 0.1) is 18.7 Å². The third-order valence-corrected chi connectivity index (χ3v) is 5.41. The van der Waals surface area contributed by atoms with Gasteiger partial charge in [-0.15, -0.1) is 0 Å². The van der Waals surface area contributed by atoms with Gasteiger partial charge in [-0.05, 0) is 60.9 Å². The van der Waals surface area contributed by atoms with E-state index in [9.17, 15) is 9.59 Å². The second kappa shape index (κ2) is 9.44. The van der Waals surface area contributed by atoms with Crippen molar-refractivity contribution in [1.29, 1.82) is 0 Å². The lowest BCUT2D eigenvalue weighted by molar-refractivity contribution is -0.130. The van der Waals surface area contributed by atoms with Gasteiger partial charge in [0.1, 0.15) is 0 Å². The number of amides is 1. The summed E-state index contributed by atoms with van der Waals surface area (Å²) in [4.78, 5) is 30.4. The molecule has 0 bridgehead atoms. The van der Waals surface area contributed by atoms with Gasteiger partial charge in [-0.2, -0.15) is 0 Å². The Kier molecular flexibility index (Phi) is 6.46. The molecule has 7 nitrogen and oxygen atoms in total. The highest BCUT2D eigenvalue weighted by atomic mass is 35.5. The van der Waals surface area contributed by atoms with Gasteiger partial charge in [-0.1, -0.05) is 18.5 Å². The minimum absolute atomic E-state index is 0.118. The molecular formula is C24H23ClN2O5.